The molecule has 118 valence electrons. The van der Waals surface area contributed by atoms with Crippen LogP contribution in [-0.4, -0.2) is 21.1 Å². The van der Waals surface area contributed by atoms with Crippen molar-refractivity contribution in [3.05, 3.63) is 66.0 Å². The number of benzene rings is 2. The largest absolute Gasteiger partial charge is 0.423 e. The fourth-order valence-corrected chi connectivity index (χ4v) is 2.50. The minimum absolute atomic E-state index is 0.158. The molecule has 0 radical (unpaired) electrons. The maximum Gasteiger partial charge on any atom is 0.302 e. The van der Waals surface area contributed by atoms with Crippen LogP contribution in [0.3, 0.4) is 0 Å². The summed E-state index contributed by atoms with van der Waals surface area (Å²) in [5.74, 6) is -0.352. The van der Waals surface area contributed by atoms with E-state index in [1.807, 2.05) is 49.4 Å². The number of rotatable bonds is 3. The van der Waals surface area contributed by atoms with Gasteiger partial charge in [-0.25, -0.2) is 0 Å². The third kappa shape index (κ3) is 2.54. The third-order valence-electron chi connectivity index (χ3n) is 3.74. The van der Waals surface area contributed by atoms with Gasteiger partial charge in [0.2, 0.25) is 0 Å². The van der Waals surface area contributed by atoms with Crippen LogP contribution in [0, 0.1) is 6.92 Å². The Morgan fingerprint density at radius 1 is 1.12 bits per heavy atom. The van der Waals surface area contributed by atoms with Crippen LogP contribution in [-0.2, 0) is 0 Å². The molecular weight excluding hydrogens is 304 g/mol. The van der Waals surface area contributed by atoms with Crippen molar-refractivity contribution in [2.45, 2.75) is 6.92 Å². The van der Waals surface area contributed by atoms with Gasteiger partial charge in [-0.15, -0.1) is 0 Å². The Morgan fingerprint density at radius 2 is 1.92 bits per heavy atom. The number of hydrogen-bond acceptors (Lipinski definition) is 4. The number of nitrogens with one attached hydrogen (secondary N) is 2. The fraction of sp³-hybridized carbons (Fsp3) is 0.0556. The highest BCUT2D eigenvalue weighted by molar-refractivity contribution is 6.06. The fourth-order valence-electron chi connectivity index (χ4n) is 2.50. The third-order valence-corrected chi connectivity index (χ3v) is 3.74. The lowest BCUT2D eigenvalue weighted by atomic mass is 10.0. The van der Waals surface area contributed by atoms with Crippen LogP contribution in [0.5, 0.6) is 0 Å². The lowest BCUT2D eigenvalue weighted by Crippen LogP contribution is -2.13. The van der Waals surface area contributed by atoms with Crippen LogP contribution in [0.1, 0.15) is 16.1 Å². The van der Waals surface area contributed by atoms with Crippen LogP contribution in [0.2, 0.25) is 0 Å². The summed E-state index contributed by atoms with van der Waals surface area (Å²) in [7, 11) is 0. The molecule has 0 spiro atoms. The summed E-state index contributed by atoms with van der Waals surface area (Å²) in [6.45, 7) is 2.01. The van der Waals surface area contributed by atoms with Crippen LogP contribution in [0.25, 0.3) is 22.2 Å². The molecule has 0 saturated heterocycles. The second-order valence-corrected chi connectivity index (χ2v) is 5.47. The molecule has 0 aliphatic heterocycles. The van der Waals surface area contributed by atoms with Gasteiger partial charge in [-0.2, -0.15) is 10.1 Å². The summed E-state index contributed by atoms with van der Waals surface area (Å²) in [6.07, 6.45) is 1.63. The first kappa shape index (κ1) is 14.2. The van der Waals surface area contributed by atoms with E-state index in [0.717, 1.165) is 16.7 Å². The molecule has 0 aliphatic rings. The van der Waals surface area contributed by atoms with Crippen molar-refractivity contribution in [1.29, 1.82) is 0 Å². The van der Waals surface area contributed by atoms with Gasteiger partial charge in [0, 0.05) is 5.56 Å². The maximum atomic E-state index is 12.5. The molecule has 2 aromatic heterocycles. The van der Waals surface area contributed by atoms with Gasteiger partial charge < -0.3 is 4.42 Å². The van der Waals surface area contributed by atoms with E-state index in [1.165, 1.54) is 0 Å². The zero-order chi connectivity index (χ0) is 16.5. The predicted octanol–water partition coefficient (Wildman–Crippen LogP) is 3.78. The minimum Gasteiger partial charge on any atom is -0.423 e. The molecule has 6 heteroatoms. The van der Waals surface area contributed by atoms with Gasteiger partial charge in [-0.1, -0.05) is 42.0 Å². The lowest BCUT2D eigenvalue weighted by Gasteiger charge is -2.03. The van der Waals surface area contributed by atoms with E-state index in [4.69, 9.17) is 4.42 Å². The van der Waals surface area contributed by atoms with Crippen LogP contribution >= 0.6 is 0 Å². The van der Waals surface area contributed by atoms with E-state index in [0.29, 0.717) is 16.8 Å². The molecule has 0 atom stereocenters. The number of carbonyl (C=O) groups is 1. The molecule has 0 bridgehead atoms. The van der Waals surface area contributed by atoms with E-state index < -0.39 is 0 Å². The Morgan fingerprint density at radius 3 is 2.71 bits per heavy atom. The number of aromatic nitrogens is 3. The van der Waals surface area contributed by atoms with Crippen molar-refractivity contribution in [3.63, 3.8) is 0 Å². The quantitative estimate of drug-likeness (QED) is 0.602. The van der Waals surface area contributed by atoms with Crippen molar-refractivity contribution >= 4 is 23.0 Å². The summed E-state index contributed by atoms with van der Waals surface area (Å²) >= 11 is 0. The topological polar surface area (TPSA) is 83.8 Å². The summed E-state index contributed by atoms with van der Waals surface area (Å²) in [4.78, 5) is 16.8. The Labute approximate surface area is 137 Å². The standard InChI is InChI=1S/C18H14N4O2/c1-11-6-8-12(9-7-11)13-10-19-22-16(13)17(23)21-18-20-14-4-2-3-5-15(14)24-18/h2-10H,1H3,(H,19,22)(H,20,21,23). The molecule has 2 N–H and O–H groups in total. The highest BCUT2D eigenvalue weighted by Crippen LogP contribution is 2.24. The van der Waals surface area contributed by atoms with Crippen LogP contribution in [0.15, 0.2) is 59.1 Å². The van der Waals surface area contributed by atoms with Gasteiger partial charge in [0.15, 0.2) is 5.58 Å². The number of fused-ring (bicyclic) bond motifs is 1. The predicted molar refractivity (Wildman–Crippen MR) is 90.7 cm³/mol. The average Bonchev–Trinajstić information content (AvgIpc) is 3.21. The monoisotopic (exact) mass is 318 g/mol. The first-order chi connectivity index (χ1) is 11.7. The molecule has 0 aliphatic carbocycles. The van der Waals surface area contributed by atoms with Gasteiger partial charge in [0.1, 0.15) is 11.2 Å². The zero-order valence-corrected chi connectivity index (χ0v) is 12.9. The summed E-state index contributed by atoms with van der Waals surface area (Å²) < 4.78 is 5.52. The second kappa shape index (κ2) is 5.66. The molecular formula is C18H14N4O2. The van der Waals surface area contributed by atoms with Gasteiger partial charge >= 0.3 is 6.01 Å². The van der Waals surface area contributed by atoms with Crippen LogP contribution < -0.4 is 5.32 Å². The van der Waals surface area contributed by atoms with E-state index in [1.54, 1.807) is 12.3 Å². The first-order valence-electron chi connectivity index (χ1n) is 7.48. The zero-order valence-electron chi connectivity index (χ0n) is 12.9. The maximum absolute atomic E-state index is 12.5. The summed E-state index contributed by atoms with van der Waals surface area (Å²) in [6, 6.07) is 15.4. The highest BCUT2D eigenvalue weighted by Gasteiger charge is 2.17. The number of hydrogen-bond donors (Lipinski definition) is 2. The highest BCUT2D eigenvalue weighted by atomic mass is 16.4. The molecule has 4 aromatic rings. The number of amides is 1. The molecule has 6 nitrogen and oxygen atoms in total. The molecule has 24 heavy (non-hydrogen) atoms. The Balaban J connectivity index is 1.63. The number of anilines is 1. The van der Waals surface area contributed by atoms with E-state index in [9.17, 15) is 4.79 Å². The van der Waals surface area contributed by atoms with Crippen molar-refractivity contribution in [2.24, 2.45) is 0 Å². The molecule has 0 unspecified atom stereocenters. The minimum atomic E-state index is -0.352. The molecule has 1 amide bonds. The summed E-state index contributed by atoms with van der Waals surface area (Å²) in [5, 5.41) is 9.40. The lowest BCUT2D eigenvalue weighted by molar-refractivity contribution is 0.102. The molecule has 0 saturated carbocycles. The SMILES string of the molecule is Cc1ccc(-c2cn[nH]c2C(=O)Nc2nc3ccccc3o2)cc1. The Kier molecular flexibility index (Phi) is 3.35. The number of aryl methyl sites for hydroxylation is 1. The summed E-state index contributed by atoms with van der Waals surface area (Å²) in [5.41, 5.74) is 4.47. The molecule has 4 rings (SSSR count). The number of nitrogens with zero attached hydrogens (tertiary/aromatic N) is 2. The molecule has 0 fully saturated rings. The van der Waals surface area contributed by atoms with Gasteiger partial charge in [0.25, 0.3) is 5.91 Å². The van der Waals surface area contributed by atoms with Crippen molar-refractivity contribution in [1.82, 2.24) is 15.2 Å². The van der Waals surface area contributed by atoms with Crippen molar-refractivity contribution < 1.29 is 9.21 Å². The number of para-hydroxylation sites is 2. The van der Waals surface area contributed by atoms with Gasteiger partial charge in [0.05, 0.1) is 6.20 Å². The molecule has 2 heterocycles. The van der Waals surface area contributed by atoms with Crippen molar-refractivity contribution in [2.75, 3.05) is 5.32 Å². The number of aromatic amines is 1. The van der Waals surface area contributed by atoms with E-state index in [-0.39, 0.29) is 11.9 Å². The Hall–Kier alpha value is -3.41. The number of carbonyl (C=O) groups excluding carboxylic acids is 1. The van der Waals surface area contributed by atoms with Gasteiger partial charge in [-0.05, 0) is 24.6 Å². The number of oxazole rings is 1. The smallest absolute Gasteiger partial charge is 0.302 e. The van der Waals surface area contributed by atoms with E-state index >= 15 is 0 Å². The molecule has 2 aromatic carbocycles. The first-order valence-corrected chi connectivity index (χ1v) is 7.48. The second-order valence-electron chi connectivity index (χ2n) is 5.47. The van der Waals surface area contributed by atoms with Crippen LogP contribution in [0.4, 0.5) is 6.01 Å². The normalized spacial score (nSPS) is 10.9. The van der Waals surface area contributed by atoms with E-state index in [2.05, 4.69) is 20.5 Å². The van der Waals surface area contributed by atoms with Gasteiger partial charge in [-0.3, -0.25) is 15.2 Å². The Bertz CT molecular complexity index is 982. The van der Waals surface area contributed by atoms with Crippen molar-refractivity contribution in [3.8, 4) is 11.1 Å². The average molecular weight is 318 g/mol. The number of H-pyrrole nitrogens is 1.